The smallest absolute Gasteiger partial charge is 0.306 e. The van der Waals surface area contributed by atoms with Gasteiger partial charge in [0.05, 0.1) is 0 Å². The number of fused-ring (bicyclic) bond motifs is 7. The Morgan fingerprint density at radius 1 is 1.16 bits per heavy atom. The predicted octanol–water partition coefficient (Wildman–Crippen LogP) is 5.39. The van der Waals surface area contributed by atoms with Crippen molar-refractivity contribution >= 4 is 29.1 Å². The number of hydrogen-bond donors (Lipinski definition) is 0. The lowest BCUT2D eigenvalue weighted by molar-refractivity contribution is -0.187. The molecule has 2 unspecified atom stereocenters. The molecule has 0 radical (unpaired) electrons. The predicted molar refractivity (Wildman–Crippen MR) is 118 cm³/mol. The lowest BCUT2D eigenvalue weighted by Gasteiger charge is -2.57. The highest BCUT2D eigenvalue weighted by molar-refractivity contribution is 6.32. The number of carbonyl (C=O) groups is 3. The first kappa shape index (κ1) is 21.4. The Morgan fingerprint density at radius 3 is 2.55 bits per heavy atom. The topological polar surface area (TPSA) is 60.4 Å². The summed E-state index contributed by atoms with van der Waals surface area (Å²) in [5.74, 6) is 1.41. The van der Waals surface area contributed by atoms with Crippen molar-refractivity contribution in [2.24, 2.45) is 40.4 Å². The van der Waals surface area contributed by atoms with Crippen molar-refractivity contribution in [3.05, 3.63) is 22.8 Å². The molecular formula is C26H33ClO4. The number of hydrogen-bond acceptors (Lipinski definition) is 4. The Hall–Kier alpha value is -1.42. The summed E-state index contributed by atoms with van der Waals surface area (Å²) in [5.41, 5.74) is -0.455. The van der Waals surface area contributed by atoms with Crippen LogP contribution >= 0.6 is 11.6 Å². The Morgan fingerprint density at radius 2 is 1.87 bits per heavy atom. The molecule has 0 aromatic rings. The summed E-state index contributed by atoms with van der Waals surface area (Å²) in [7, 11) is 0. The monoisotopic (exact) mass is 444 g/mol. The molecule has 0 aliphatic heterocycles. The molecule has 8 atom stereocenters. The Bertz CT molecular complexity index is 934. The zero-order valence-corrected chi connectivity index (χ0v) is 19.8. The van der Waals surface area contributed by atoms with Gasteiger partial charge in [-0.05, 0) is 80.8 Å². The molecule has 0 N–H and O–H groups in total. The van der Waals surface area contributed by atoms with Gasteiger partial charge in [0.2, 0.25) is 0 Å². The molecule has 0 aromatic carbocycles. The van der Waals surface area contributed by atoms with E-state index in [1.165, 1.54) is 0 Å². The number of carbonyl (C=O) groups excluding carboxylic acids is 3. The van der Waals surface area contributed by atoms with Crippen LogP contribution in [-0.2, 0) is 19.1 Å². The molecule has 0 amide bonds. The van der Waals surface area contributed by atoms with Crippen LogP contribution in [0.2, 0.25) is 0 Å². The fourth-order valence-electron chi connectivity index (χ4n) is 8.23. The zero-order chi connectivity index (χ0) is 22.3. The number of ether oxygens (including phenoxy) is 1. The van der Waals surface area contributed by atoms with Crippen molar-refractivity contribution in [3.8, 4) is 0 Å². The van der Waals surface area contributed by atoms with Crippen LogP contribution in [0.15, 0.2) is 22.8 Å². The van der Waals surface area contributed by atoms with Gasteiger partial charge in [0.25, 0.3) is 0 Å². The average molecular weight is 445 g/mol. The largest absolute Gasteiger partial charge is 0.450 e. The molecule has 3 fully saturated rings. The van der Waals surface area contributed by atoms with Crippen LogP contribution in [0.4, 0.5) is 0 Å². The third kappa shape index (κ3) is 2.63. The second kappa shape index (κ2) is 6.79. The summed E-state index contributed by atoms with van der Waals surface area (Å²) in [6, 6.07) is 0. The maximum absolute atomic E-state index is 13.0. The van der Waals surface area contributed by atoms with Crippen LogP contribution in [0.3, 0.4) is 0 Å². The fourth-order valence-corrected chi connectivity index (χ4v) is 8.63. The van der Waals surface area contributed by atoms with Gasteiger partial charge < -0.3 is 4.74 Å². The van der Waals surface area contributed by atoms with Gasteiger partial charge >= 0.3 is 5.97 Å². The molecule has 168 valence electrons. The van der Waals surface area contributed by atoms with Crippen molar-refractivity contribution in [3.63, 3.8) is 0 Å². The quantitative estimate of drug-likeness (QED) is 0.545. The van der Waals surface area contributed by atoms with E-state index in [1.807, 2.05) is 13.0 Å². The van der Waals surface area contributed by atoms with E-state index in [0.717, 1.165) is 36.3 Å². The first-order valence-electron chi connectivity index (χ1n) is 12.0. The van der Waals surface area contributed by atoms with Crippen LogP contribution in [0.5, 0.6) is 0 Å². The molecule has 5 rings (SSSR count). The Labute approximate surface area is 189 Å². The minimum Gasteiger partial charge on any atom is -0.450 e. The standard InChI is InChI=1S/C26H33ClO4/c1-5-6-23(30)31-26(14(2)28)10-8-17-15-12-21(27)20-13-22(29)16-11-19(16)25(20,4)18(15)7-9-24(17,26)3/h12-13,15-19H,5-11H2,1-4H3/t15-,16?,17-,18-,19?,24-,25-,26-/m0/s1. The van der Waals surface area contributed by atoms with Gasteiger partial charge in [-0.25, -0.2) is 0 Å². The Balaban J connectivity index is 1.55. The minimum atomic E-state index is -1.03. The number of rotatable bonds is 4. The molecule has 0 aromatic heterocycles. The van der Waals surface area contributed by atoms with Gasteiger partial charge in [-0.1, -0.05) is 38.4 Å². The van der Waals surface area contributed by atoms with Gasteiger partial charge in [0.15, 0.2) is 17.2 Å². The van der Waals surface area contributed by atoms with Crippen LogP contribution in [0, 0.1) is 40.4 Å². The molecule has 3 saturated carbocycles. The van der Waals surface area contributed by atoms with Crippen molar-refractivity contribution in [2.75, 3.05) is 0 Å². The first-order valence-corrected chi connectivity index (χ1v) is 12.3. The van der Waals surface area contributed by atoms with Crippen LogP contribution < -0.4 is 0 Å². The van der Waals surface area contributed by atoms with E-state index in [0.29, 0.717) is 31.1 Å². The molecular weight excluding hydrogens is 412 g/mol. The van der Waals surface area contributed by atoms with Crippen LogP contribution in [0.25, 0.3) is 0 Å². The summed E-state index contributed by atoms with van der Waals surface area (Å²) in [4.78, 5) is 38.0. The summed E-state index contributed by atoms with van der Waals surface area (Å²) < 4.78 is 6.06. The molecule has 4 nitrogen and oxygen atoms in total. The van der Waals surface area contributed by atoms with Crippen molar-refractivity contribution in [1.29, 1.82) is 0 Å². The van der Waals surface area contributed by atoms with Gasteiger partial charge in [-0.2, -0.15) is 0 Å². The fraction of sp³-hybridized carbons (Fsp3) is 0.731. The number of allylic oxidation sites excluding steroid dienone is 4. The number of esters is 1. The maximum Gasteiger partial charge on any atom is 0.306 e. The average Bonchev–Trinajstić information content (AvgIpc) is 3.45. The van der Waals surface area contributed by atoms with Crippen LogP contribution in [0.1, 0.15) is 72.6 Å². The summed E-state index contributed by atoms with van der Waals surface area (Å²) in [6.07, 6.45) is 9.29. The van der Waals surface area contributed by atoms with E-state index < -0.39 is 5.60 Å². The molecule has 0 spiro atoms. The van der Waals surface area contributed by atoms with Crippen molar-refractivity contribution < 1.29 is 19.1 Å². The molecule has 31 heavy (non-hydrogen) atoms. The summed E-state index contributed by atoms with van der Waals surface area (Å²) in [6.45, 7) is 8.03. The van der Waals surface area contributed by atoms with E-state index in [-0.39, 0.29) is 46.1 Å². The molecule has 0 heterocycles. The lowest BCUT2D eigenvalue weighted by Crippen LogP contribution is -2.58. The highest BCUT2D eigenvalue weighted by Gasteiger charge is 2.70. The van der Waals surface area contributed by atoms with Gasteiger partial charge in [0, 0.05) is 28.2 Å². The molecule has 5 aliphatic carbocycles. The first-order chi connectivity index (χ1) is 14.6. The second-order valence-corrected chi connectivity index (χ2v) is 11.5. The van der Waals surface area contributed by atoms with Crippen LogP contribution in [-0.4, -0.2) is 23.1 Å². The lowest BCUT2D eigenvalue weighted by atomic mass is 9.47. The Kier molecular flexibility index (Phi) is 4.69. The molecule has 0 bridgehead atoms. The van der Waals surface area contributed by atoms with E-state index in [4.69, 9.17) is 16.3 Å². The third-order valence-electron chi connectivity index (χ3n) is 9.92. The molecule has 5 heteroatoms. The zero-order valence-electron chi connectivity index (χ0n) is 19.0. The van der Waals surface area contributed by atoms with Gasteiger partial charge in [-0.15, -0.1) is 0 Å². The SMILES string of the molecule is CCCC(=O)O[C@]1(C(C)=O)CC[C@H]2[C@@H]3C=C(Cl)C4=CC(=O)C5CC5[C@]4(C)[C@H]3CC[C@@]21C. The van der Waals surface area contributed by atoms with E-state index in [1.54, 1.807) is 6.92 Å². The van der Waals surface area contributed by atoms with E-state index in [9.17, 15) is 14.4 Å². The highest BCUT2D eigenvalue weighted by atomic mass is 35.5. The van der Waals surface area contributed by atoms with E-state index in [2.05, 4.69) is 19.9 Å². The summed E-state index contributed by atoms with van der Waals surface area (Å²) in [5, 5.41) is 0.718. The number of Topliss-reactive ketones (excluding diaryl/α,β-unsaturated/α-hetero) is 1. The summed E-state index contributed by atoms with van der Waals surface area (Å²) >= 11 is 6.83. The van der Waals surface area contributed by atoms with Gasteiger partial charge in [0.1, 0.15) is 0 Å². The normalized spacial score (nSPS) is 47.3. The third-order valence-corrected chi connectivity index (χ3v) is 10.3. The number of ketones is 2. The molecule has 5 aliphatic rings. The second-order valence-electron chi connectivity index (χ2n) is 11.1. The number of halogens is 1. The van der Waals surface area contributed by atoms with E-state index >= 15 is 0 Å². The van der Waals surface area contributed by atoms with Gasteiger partial charge in [-0.3, -0.25) is 14.4 Å². The highest BCUT2D eigenvalue weighted by Crippen LogP contribution is 2.72. The van der Waals surface area contributed by atoms with Crippen molar-refractivity contribution in [2.45, 2.75) is 78.2 Å². The molecule has 0 saturated heterocycles. The van der Waals surface area contributed by atoms with Crippen molar-refractivity contribution in [1.82, 2.24) is 0 Å². The minimum absolute atomic E-state index is 0.0244. The maximum atomic E-state index is 13.0.